The first-order chi connectivity index (χ1) is 14.2. The van der Waals surface area contributed by atoms with Gasteiger partial charge in [0.25, 0.3) is 11.8 Å². The molecule has 0 N–H and O–H groups in total. The lowest BCUT2D eigenvalue weighted by atomic mass is 10.1. The van der Waals surface area contributed by atoms with Gasteiger partial charge in [0.1, 0.15) is 0 Å². The summed E-state index contributed by atoms with van der Waals surface area (Å²) in [6.45, 7) is 4.46. The molecule has 0 saturated carbocycles. The Bertz CT molecular complexity index is 1050. The van der Waals surface area contributed by atoms with Gasteiger partial charge in [-0.25, -0.2) is 0 Å². The SMILES string of the molecule is O=C1c2ccccc2C(=O)N1CCCN1[C]N(c2ccccc2)c2ccccc21. The van der Waals surface area contributed by atoms with Crippen LogP contribution in [-0.2, 0) is 0 Å². The molecule has 5 rings (SSSR count). The van der Waals surface area contributed by atoms with Crippen molar-refractivity contribution in [2.45, 2.75) is 6.42 Å². The minimum absolute atomic E-state index is 0.203. The summed E-state index contributed by atoms with van der Waals surface area (Å²) in [5.41, 5.74) is 4.18. The van der Waals surface area contributed by atoms with Gasteiger partial charge >= 0.3 is 0 Å². The summed E-state index contributed by atoms with van der Waals surface area (Å²) < 4.78 is 0. The normalized spacial score (nSPS) is 15.1. The Morgan fingerprint density at radius 1 is 0.655 bits per heavy atom. The Morgan fingerprint density at radius 2 is 1.24 bits per heavy atom. The predicted molar refractivity (Wildman–Crippen MR) is 112 cm³/mol. The Balaban J connectivity index is 1.29. The summed E-state index contributed by atoms with van der Waals surface area (Å²) in [7, 11) is 0. The third-order valence-electron chi connectivity index (χ3n) is 5.29. The summed E-state index contributed by atoms with van der Waals surface area (Å²) in [6, 6.07) is 25.3. The van der Waals surface area contributed by atoms with E-state index in [-0.39, 0.29) is 11.8 Å². The van der Waals surface area contributed by atoms with Gasteiger partial charge in [0.15, 0.2) is 0 Å². The fraction of sp³-hybridized carbons (Fsp3) is 0.125. The van der Waals surface area contributed by atoms with Gasteiger partial charge in [-0.1, -0.05) is 42.5 Å². The van der Waals surface area contributed by atoms with Gasteiger partial charge < -0.3 is 9.80 Å². The molecular formula is C24H19N3O2. The second-order valence-corrected chi connectivity index (χ2v) is 7.07. The number of rotatable bonds is 5. The van der Waals surface area contributed by atoms with Crippen LogP contribution in [0.25, 0.3) is 0 Å². The molecule has 2 amide bonds. The number of hydrogen-bond donors (Lipinski definition) is 0. The van der Waals surface area contributed by atoms with Gasteiger partial charge in [0.05, 0.1) is 22.5 Å². The van der Waals surface area contributed by atoms with Gasteiger partial charge in [-0.15, -0.1) is 0 Å². The van der Waals surface area contributed by atoms with Gasteiger partial charge in [-0.3, -0.25) is 14.5 Å². The van der Waals surface area contributed by atoms with Crippen molar-refractivity contribution in [1.29, 1.82) is 0 Å². The van der Waals surface area contributed by atoms with Crippen molar-refractivity contribution < 1.29 is 9.59 Å². The number of imide groups is 1. The van der Waals surface area contributed by atoms with E-state index in [1.807, 2.05) is 47.4 Å². The molecule has 0 bridgehead atoms. The monoisotopic (exact) mass is 381 g/mol. The number of carbonyl (C=O) groups excluding carboxylic acids is 2. The van der Waals surface area contributed by atoms with Crippen molar-refractivity contribution in [3.8, 4) is 0 Å². The van der Waals surface area contributed by atoms with Crippen LogP contribution in [0, 0.1) is 6.67 Å². The molecule has 2 radical (unpaired) electrons. The van der Waals surface area contributed by atoms with E-state index < -0.39 is 0 Å². The van der Waals surface area contributed by atoms with Crippen molar-refractivity contribution in [2.75, 3.05) is 22.9 Å². The van der Waals surface area contributed by atoms with Crippen molar-refractivity contribution in [1.82, 2.24) is 4.90 Å². The highest BCUT2D eigenvalue weighted by Crippen LogP contribution is 2.42. The first kappa shape index (κ1) is 17.5. The zero-order valence-corrected chi connectivity index (χ0v) is 15.8. The van der Waals surface area contributed by atoms with Crippen LogP contribution in [-0.4, -0.2) is 29.8 Å². The molecule has 0 aliphatic carbocycles. The maximum atomic E-state index is 12.5. The van der Waals surface area contributed by atoms with E-state index in [1.54, 1.807) is 24.3 Å². The lowest BCUT2D eigenvalue weighted by Crippen LogP contribution is -2.33. The molecule has 0 spiro atoms. The Morgan fingerprint density at radius 3 is 1.93 bits per heavy atom. The average molecular weight is 381 g/mol. The number of anilines is 3. The van der Waals surface area contributed by atoms with Crippen molar-refractivity contribution >= 4 is 28.9 Å². The summed E-state index contributed by atoms with van der Waals surface area (Å²) in [6.07, 6.45) is 0.662. The minimum Gasteiger partial charge on any atom is -0.339 e. The summed E-state index contributed by atoms with van der Waals surface area (Å²) in [5.74, 6) is -0.405. The predicted octanol–water partition coefficient (Wildman–Crippen LogP) is 4.33. The van der Waals surface area contributed by atoms with Gasteiger partial charge in [-0.2, -0.15) is 0 Å². The van der Waals surface area contributed by atoms with E-state index in [0.717, 1.165) is 17.1 Å². The molecule has 142 valence electrons. The number of fused-ring (bicyclic) bond motifs is 2. The number of carbonyl (C=O) groups is 2. The Hall–Kier alpha value is -3.60. The molecule has 5 heteroatoms. The van der Waals surface area contributed by atoms with Crippen molar-refractivity contribution in [2.24, 2.45) is 0 Å². The van der Waals surface area contributed by atoms with Crippen molar-refractivity contribution in [3.05, 3.63) is 96.7 Å². The quantitative estimate of drug-likeness (QED) is 0.617. The molecular weight excluding hydrogens is 362 g/mol. The number of para-hydroxylation sites is 3. The van der Waals surface area contributed by atoms with Gasteiger partial charge in [-0.05, 0) is 42.8 Å². The molecule has 0 aromatic heterocycles. The van der Waals surface area contributed by atoms with Crippen LogP contribution in [0.3, 0.4) is 0 Å². The minimum atomic E-state index is -0.203. The lowest BCUT2D eigenvalue weighted by molar-refractivity contribution is 0.0653. The number of amides is 2. The van der Waals surface area contributed by atoms with Crippen LogP contribution in [0.4, 0.5) is 17.1 Å². The molecule has 29 heavy (non-hydrogen) atoms. The molecule has 3 aromatic rings. The number of benzene rings is 3. The van der Waals surface area contributed by atoms with Gasteiger partial charge in [0, 0.05) is 18.8 Å². The van der Waals surface area contributed by atoms with E-state index in [0.29, 0.717) is 30.6 Å². The van der Waals surface area contributed by atoms with E-state index in [2.05, 4.69) is 23.7 Å². The average Bonchev–Trinajstić information content (AvgIpc) is 3.26. The third-order valence-corrected chi connectivity index (χ3v) is 5.29. The van der Waals surface area contributed by atoms with Crippen LogP contribution in [0.5, 0.6) is 0 Å². The molecule has 0 saturated heterocycles. The number of hydrogen-bond acceptors (Lipinski definition) is 4. The van der Waals surface area contributed by atoms with E-state index in [9.17, 15) is 9.59 Å². The van der Waals surface area contributed by atoms with Crippen LogP contribution in [0.1, 0.15) is 27.1 Å². The zero-order chi connectivity index (χ0) is 19.8. The molecule has 3 aromatic carbocycles. The Kier molecular flexibility index (Phi) is 4.28. The van der Waals surface area contributed by atoms with Crippen LogP contribution in [0.15, 0.2) is 78.9 Å². The molecule has 2 aliphatic rings. The zero-order valence-electron chi connectivity index (χ0n) is 15.8. The molecule has 0 unspecified atom stereocenters. The molecule has 2 aliphatic heterocycles. The summed E-state index contributed by atoms with van der Waals surface area (Å²) in [5, 5.41) is 0. The maximum absolute atomic E-state index is 12.5. The van der Waals surface area contributed by atoms with Gasteiger partial charge in [0.2, 0.25) is 6.67 Å². The smallest absolute Gasteiger partial charge is 0.261 e. The second-order valence-electron chi connectivity index (χ2n) is 7.07. The molecule has 0 atom stereocenters. The fourth-order valence-corrected chi connectivity index (χ4v) is 3.88. The van der Waals surface area contributed by atoms with E-state index >= 15 is 0 Å². The highest BCUT2D eigenvalue weighted by atomic mass is 16.2. The molecule has 5 nitrogen and oxygen atoms in total. The van der Waals surface area contributed by atoms with Crippen LogP contribution >= 0.6 is 0 Å². The van der Waals surface area contributed by atoms with E-state index in [1.165, 1.54) is 4.90 Å². The largest absolute Gasteiger partial charge is 0.339 e. The standard InChI is InChI=1S/C24H19N3O2/c28-23-19-11-4-5-12-20(19)24(29)26(23)16-8-15-25-17-27(18-9-2-1-3-10-18)22-14-7-6-13-21(22)25/h1-7,9-14H,8,15-16H2. The lowest BCUT2D eigenvalue weighted by Gasteiger charge is -2.21. The molecule has 2 heterocycles. The topological polar surface area (TPSA) is 43.9 Å². The Labute approximate surface area is 169 Å². The first-order valence-corrected chi connectivity index (χ1v) is 9.67. The maximum Gasteiger partial charge on any atom is 0.261 e. The van der Waals surface area contributed by atoms with E-state index in [4.69, 9.17) is 0 Å². The first-order valence-electron chi connectivity index (χ1n) is 9.67. The fourth-order valence-electron chi connectivity index (χ4n) is 3.88. The highest BCUT2D eigenvalue weighted by Gasteiger charge is 2.35. The third kappa shape index (κ3) is 2.95. The molecule has 0 fully saturated rings. The van der Waals surface area contributed by atoms with Crippen LogP contribution in [0.2, 0.25) is 0 Å². The van der Waals surface area contributed by atoms with Crippen LogP contribution < -0.4 is 9.80 Å². The summed E-state index contributed by atoms with van der Waals surface area (Å²) >= 11 is 0. The number of nitrogens with zero attached hydrogens (tertiary/aromatic N) is 3. The highest BCUT2D eigenvalue weighted by molar-refractivity contribution is 6.21. The summed E-state index contributed by atoms with van der Waals surface area (Å²) in [4.78, 5) is 30.5. The van der Waals surface area contributed by atoms with Crippen molar-refractivity contribution in [3.63, 3.8) is 0 Å². The second kappa shape index (κ2) is 7.09.